The fraction of sp³-hybridized carbons (Fsp3) is 0.200. The predicted octanol–water partition coefficient (Wildman–Crippen LogP) is 2.33. The first-order valence-corrected chi connectivity index (χ1v) is 3.96. The predicted molar refractivity (Wildman–Crippen MR) is 49.1 cm³/mol. The number of benzene rings is 1. The molecule has 0 atom stereocenters. The summed E-state index contributed by atoms with van der Waals surface area (Å²) in [5.74, 6) is -1.67. The van der Waals surface area contributed by atoms with Crippen molar-refractivity contribution in [2.45, 2.75) is 6.92 Å². The Morgan fingerprint density at radius 2 is 2.08 bits per heavy atom. The van der Waals surface area contributed by atoms with Crippen LogP contribution in [-0.4, -0.2) is 6.54 Å². The maximum atomic E-state index is 12.7. The van der Waals surface area contributed by atoms with Gasteiger partial charge in [0, 0.05) is 6.54 Å². The summed E-state index contributed by atoms with van der Waals surface area (Å²) in [6, 6.07) is 3.76. The second kappa shape index (κ2) is 4.14. The topological polar surface area (TPSA) is 26.0 Å². The highest BCUT2D eigenvalue weighted by Gasteiger charge is 2.00. The van der Waals surface area contributed by atoms with Crippen LogP contribution in [0.2, 0.25) is 0 Å². The molecule has 70 valence electrons. The highest BCUT2D eigenvalue weighted by molar-refractivity contribution is 5.52. The molecule has 1 aromatic rings. The zero-order chi connectivity index (χ0) is 9.84. The molecule has 3 heteroatoms. The van der Waals surface area contributed by atoms with Crippen molar-refractivity contribution in [2.75, 3.05) is 6.54 Å². The molecule has 13 heavy (non-hydrogen) atoms. The first-order valence-electron chi connectivity index (χ1n) is 3.96. The van der Waals surface area contributed by atoms with Crippen LogP contribution < -0.4 is 5.73 Å². The molecule has 0 saturated carbocycles. The minimum absolute atomic E-state index is 0.416. The molecule has 0 aromatic heterocycles. The molecule has 1 aromatic carbocycles. The van der Waals surface area contributed by atoms with Gasteiger partial charge >= 0.3 is 0 Å². The van der Waals surface area contributed by atoms with E-state index in [9.17, 15) is 8.78 Å². The Morgan fingerprint density at radius 1 is 1.38 bits per heavy atom. The van der Waals surface area contributed by atoms with Gasteiger partial charge in [0.1, 0.15) is 0 Å². The zero-order valence-corrected chi connectivity index (χ0v) is 7.35. The van der Waals surface area contributed by atoms with Gasteiger partial charge in [0.2, 0.25) is 0 Å². The standard InChI is InChI=1S/C10H11F2N/c1-7(6-13)4-8-2-3-9(11)10(12)5-8/h2-5H,6,13H2,1H3/b7-4-. The molecule has 0 spiro atoms. The third-order valence-corrected chi connectivity index (χ3v) is 1.68. The van der Waals surface area contributed by atoms with E-state index in [1.54, 1.807) is 6.08 Å². The lowest BCUT2D eigenvalue weighted by Crippen LogP contribution is -1.99. The third-order valence-electron chi connectivity index (χ3n) is 1.68. The van der Waals surface area contributed by atoms with E-state index >= 15 is 0 Å². The van der Waals surface area contributed by atoms with Crippen LogP contribution in [0, 0.1) is 11.6 Å². The van der Waals surface area contributed by atoms with Gasteiger partial charge in [0.15, 0.2) is 11.6 Å². The van der Waals surface area contributed by atoms with Gasteiger partial charge in [-0.2, -0.15) is 0 Å². The van der Waals surface area contributed by atoms with E-state index in [0.29, 0.717) is 12.1 Å². The molecule has 0 amide bonds. The lowest BCUT2D eigenvalue weighted by Gasteiger charge is -1.98. The number of nitrogens with two attached hydrogens (primary N) is 1. The van der Waals surface area contributed by atoms with Gasteiger partial charge in [0.05, 0.1) is 0 Å². The van der Waals surface area contributed by atoms with Gasteiger partial charge in [0.25, 0.3) is 0 Å². The summed E-state index contributed by atoms with van der Waals surface area (Å²) in [5, 5.41) is 0. The minimum Gasteiger partial charge on any atom is -0.327 e. The molecule has 0 saturated heterocycles. The van der Waals surface area contributed by atoms with Crippen LogP contribution >= 0.6 is 0 Å². The van der Waals surface area contributed by atoms with Crippen molar-refractivity contribution >= 4 is 6.08 Å². The summed E-state index contributed by atoms with van der Waals surface area (Å²) in [4.78, 5) is 0. The Balaban J connectivity index is 2.98. The normalized spacial score (nSPS) is 11.8. The summed E-state index contributed by atoms with van der Waals surface area (Å²) in [7, 11) is 0. The van der Waals surface area contributed by atoms with Gasteiger partial charge in [-0.25, -0.2) is 8.78 Å². The summed E-state index contributed by atoms with van der Waals surface area (Å²) >= 11 is 0. The van der Waals surface area contributed by atoms with Gasteiger partial charge in [-0.05, 0) is 24.6 Å². The number of halogens is 2. The third kappa shape index (κ3) is 2.63. The quantitative estimate of drug-likeness (QED) is 0.748. The lowest BCUT2D eigenvalue weighted by atomic mass is 10.1. The van der Waals surface area contributed by atoms with E-state index in [1.807, 2.05) is 6.92 Å². The Labute approximate surface area is 75.9 Å². The Kier molecular flexibility index (Phi) is 3.14. The molecule has 0 radical (unpaired) electrons. The van der Waals surface area contributed by atoms with Crippen molar-refractivity contribution in [3.05, 3.63) is 41.0 Å². The monoisotopic (exact) mass is 183 g/mol. The van der Waals surface area contributed by atoms with Crippen molar-refractivity contribution < 1.29 is 8.78 Å². The van der Waals surface area contributed by atoms with Crippen LogP contribution in [0.4, 0.5) is 8.78 Å². The molecule has 0 aliphatic carbocycles. The first-order chi connectivity index (χ1) is 6.13. The van der Waals surface area contributed by atoms with Gasteiger partial charge in [-0.15, -0.1) is 0 Å². The highest BCUT2D eigenvalue weighted by Crippen LogP contribution is 2.11. The Morgan fingerprint density at radius 3 is 2.62 bits per heavy atom. The van der Waals surface area contributed by atoms with Crippen LogP contribution in [0.25, 0.3) is 6.08 Å². The van der Waals surface area contributed by atoms with E-state index < -0.39 is 11.6 Å². The fourth-order valence-electron chi connectivity index (χ4n) is 0.946. The molecule has 1 rings (SSSR count). The van der Waals surface area contributed by atoms with Crippen molar-refractivity contribution in [3.63, 3.8) is 0 Å². The molecule has 0 aliphatic heterocycles. The molecule has 2 N–H and O–H groups in total. The van der Waals surface area contributed by atoms with Gasteiger partial charge < -0.3 is 5.73 Å². The van der Waals surface area contributed by atoms with Crippen molar-refractivity contribution in [3.8, 4) is 0 Å². The average Bonchev–Trinajstić information content (AvgIpc) is 2.11. The van der Waals surface area contributed by atoms with E-state index in [4.69, 9.17) is 5.73 Å². The van der Waals surface area contributed by atoms with Gasteiger partial charge in [-0.1, -0.05) is 17.7 Å². The first kappa shape index (κ1) is 9.86. The molecular formula is C10H11F2N. The van der Waals surface area contributed by atoms with Crippen LogP contribution in [-0.2, 0) is 0 Å². The Hall–Kier alpha value is -1.22. The second-order valence-corrected chi connectivity index (χ2v) is 2.87. The van der Waals surface area contributed by atoms with E-state index in [0.717, 1.165) is 17.7 Å². The molecule has 0 aliphatic rings. The van der Waals surface area contributed by atoms with Crippen LogP contribution in [0.3, 0.4) is 0 Å². The van der Waals surface area contributed by atoms with Crippen LogP contribution in [0.15, 0.2) is 23.8 Å². The van der Waals surface area contributed by atoms with E-state index in [-0.39, 0.29) is 0 Å². The van der Waals surface area contributed by atoms with E-state index in [1.165, 1.54) is 6.07 Å². The van der Waals surface area contributed by atoms with Gasteiger partial charge in [-0.3, -0.25) is 0 Å². The smallest absolute Gasteiger partial charge is 0.159 e. The van der Waals surface area contributed by atoms with Crippen LogP contribution in [0.1, 0.15) is 12.5 Å². The molecule has 0 fully saturated rings. The molecule has 1 nitrogen and oxygen atoms in total. The SMILES string of the molecule is C/C(=C/c1ccc(F)c(F)c1)CN. The number of rotatable bonds is 2. The average molecular weight is 183 g/mol. The lowest BCUT2D eigenvalue weighted by molar-refractivity contribution is 0.508. The summed E-state index contributed by atoms with van der Waals surface area (Å²) in [6.45, 7) is 2.25. The second-order valence-electron chi connectivity index (χ2n) is 2.87. The number of hydrogen-bond donors (Lipinski definition) is 1. The zero-order valence-electron chi connectivity index (χ0n) is 7.35. The summed E-state index contributed by atoms with van der Waals surface area (Å²) in [6.07, 6.45) is 1.72. The minimum atomic E-state index is -0.835. The molecular weight excluding hydrogens is 172 g/mol. The maximum absolute atomic E-state index is 12.7. The fourth-order valence-corrected chi connectivity index (χ4v) is 0.946. The van der Waals surface area contributed by atoms with Crippen molar-refractivity contribution in [2.24, 2.45) is 5.73 Å². The van der Waals surface area contributed by atoms with Crippen molar-refractivity contribution in [1.29, 1.82) is 0 Å². The molecule has 0 heterocycles. The Bertz CT molecular complexity index is 332. The van der Waals surface area contributed by atoms with Crippen LogP contribution in [0.5, 0.6) is 0 Å². The molecule has 0 bridgehead atoms. The maximum Gasteiger partial charge on any atom is 0.159 e. The highest BCUT2D eigenvalue weighted by atomic mass is 19.2. The molecule has 0 unspecified atom stereocenters. The number of hydrogen-bond acceptors (Lipinski definition) is 1. The largest absolute Gasteiger partial charge is 0.327 e. The van der Waals surface area contributed by atoms with Crippen molar-refractivity contribution in [1.82, 2.24) is 0 Å². The summed E-state index contributed by atoms with van der Waals surface area (Å²) < 4.78 is 25.2. The van der Waals surface area contributed by atoms with E-state index in [2.05, 4.69) is 0 Å². The summed E-state index contributed by atoms with van der Waals surface area (Å²) in [5.41, 5.74) is 6.90.